The Labute approximate surface area is 104 Å². The molecule has 1 amide bonds. The fourth-order valence-electron chi connectivity index (χ4n) is 3.84. The maximum atomic E-state index is 12.6. The molecule has 2 aliphatic carbocycles. The summed E-state index contributed by atoms with van der Waals surface area (Å²) < 4.78 is 0. The van der Waals surface area contributed by atoms with Gasteiger partial charge < -0.3 is 10.6 Å². The molecule has 0 bridgehead atoms. The zero-order valence-corrected chi connectivity index (χ0v) is 10.7. The van der Waals surface area contributed by atoms with Crippen molar-refractivity contribution >= 4 is 5.91 Å². The monoisotopic (exact) mass is 236 g/mol. The molecule has 0 unspecified atom stereocenters. The zero-order valence-electron chi connectivity index (χ0n) is 10.7. The molecule has 3 nitrogen and oxygen atoms in total. The van der Waals surface area contributed by atoms with Gasteiger partial charge in [0.05, 0.1) is 5.41 Å². The van der Waals surface area contributed by atoms with E-state index in [0.29, 0.717) is 18.5 Å². The van der Waals surface area contributed by atoms with Crippen molar-refractivity contribution in [3.8, 4) is 0 Å². The Morgan fingerprint density at radius 2 is 1.88 bits per heavy atom. The van der Waals surface area contributed by atoms with Crippen LogP contribution in [0.15, 0.2) is 0 Å². The second-order valence-corrected chi connectivity index (χ2v) is 6.24. The number of amides is 1. The second kappa shape index (κ2) is 4.27. The van der Waals surface area contributed by atoms with Crippen LogP contribution >= 0.6 is 0 Å². The molecular weight excluding hydrogens is 212 g/mol. The summed E-state index contributed by atoms with van der Waals surface area (Å²) in [6.07, 6.45) is 9.83. The first-order valence-electron chi connectivity index (χ1n) is 7.28. The molecule has 2 N–H and O–H groups in total. The molecule has 1 heterocycles. The molecule has 0 radical (unpaired) electrons. The lowest BCUT2D eigenvalue weighted by Gasteiger charge is -2.45. The predicted molar refractivity (Wildman–Crippen MR) is 67.4 cm³/mol. The number of piperidine rings is 1. The Balaban J connectivity index is 1.75. The number of rotatable bonds is 2. The Morgan fingerprint density at radius 3 is 2.59 bits per heavy atom. The van der Waals surface area contributed by atoms with Gasteiger partial charge in [-0.2, -0.15) is 0 Å². The average Bonchev–Trinajstić information content (AvgIpc) is 3.18. The predicted octanol–water partition coefficient (Wildman–Crippen LogP) is 1.91. The number of nitrogens with zero attached hydrogens (tertiary/aromatic N) is 1. The van der Waals surface area contributed by atoms with Crippen molar-refractivity contribution in [2.24, 2.45) is 17.1 Å². The van der Waals surface area contributed by atoms with E-state index < -0.39 is 0 Å². The number of hydrogen-bond donors (Lipinski definition) is 1. The Hall–Kier alpha value is -0.570. The Kier molecular flexibility index (Phi) is 2.89. The van der Waals surface area contributed by atoms with Crippen LogP contribution in [0.3, 0.4) is 0 Å². The molecule has 0 aromatic heterocycles. The van der Waals surface area contributed by atoms with Crippen molar-refractivity contribution in [3.63, 3.8) is 0 Å². The van der Waals surface area contributed by atoms with Crippen LogP contribution in [0.5, 0.6) is 0 Å². The van der Waals surface area contributed by atoms with E-state index in [0.717, 1.165) is 25.3 Å². The van der Waals surface area contributed by atoms with Gasteiger partial charge in [0.2, 0.25) is 5.91 Å². The van der Waals surface area contributed by atoms with Crippen molar-refractivity contribution in [1.29, 1.82) is 0 Å². The normalized spacial score (nSPS) is 35.2. The van der Waals surface area contributed by atoms with Gasteiger partial charge in [0.1, 0.15) is 0 Å². The van der Waals surface area contributed by atoms with E-state index in [-0.39, 0.29) is 5.41 Å². The van der Waals surface area contributed by atoms with Crippen LogP contribution in [0.25, 0.3) is 0 Å². The third kappa shape index (κ3) is 1.88. The van der Waals surface area contributed by atoms with Crippen molar-refractivity contribution in [1.82, 2.24) is 4.90 Å². The third-order valence-corrected chi connectivity index (χ3v) is 5.20. The van der Waals surface area contributed by atoms with E-state index in [4.69, 9.17) is 5.73 Å². The van der Waals surface area contributed by atoms with Gasteiger partial charge in [0, 0.05) is 19.1 Å². The van der Waals surface area contributed by atoms with Crippen LogP contribution in [0, 0.1) is 11.3 Å². The van der Waals surface area contributed by atoms with Crippen molar-refractivity contribution in [3.05, 3.63) is 0 Å². The van der Waals surface area contributed by atoms with Crippen LogP contribution in [-0.2, 0) is 4.79 Å². The number of fused-ring (bicyclic) bond motifs is 1. The van der Waals surface area contributed by atoms with Gasteiger partial charge in [0.25, 0.3) is 0 Å². The maximum Gasteiger partial charge on any atom is 0.230 e. The molecule has 17 heavy (non-hydrogen) atoms. The van der Waals surface area contributed by atoms with E-state index in [1.807, 2.05) is 0 Å². The average molecular weight is 236 g/mol. The lowest BCUT2D eigenvalue weighted by molar-refractivity contribution is -0.143. The fraction of sp³-hybridized carbons (Fsp3) is 0.929. The van der Waals surface area contributed by atoms with Crippen molar-refractivity contribution in [2.75, 3.05) is 13.1 Å². The number of hydrogen-bond acceptors (Lipinski definition) is 2. The number of carbonyl (C=O) groups excluding carboxylic acids is 1. The third-order valence-electron chi connectivity index (χ3n) is 5.20. The van der Waals surface area contributed by atoms with Crippen LogP contribution in [0.1, 0.15) is 51.4 Å². The van der Waals surface area contributed by atoms with E-state index in [1.165, 1.54) is 38.5 Å². The topological polar surface area (TPSA) is 46.3 Å². The highest BCUT2D eigenvalue weighted by Crippen LogP contribution is 2.48. The van der Waals surface area contributed by atoms with Gasteiger partial charge in [-0.1, -0.05) is 12.8 Å². The highest BCUT2D eigenvalue weighted by atomic mass is 16.2. The lowest BCUT2D eigenvalue weighted by atomic mass is 9.78. The number of carbonyl (C=O) groups is 1. The van der Waals surface area contributed by atoms with Gasteiger partial charge in [-0.3, -0.25) is 4.79 Å². The summed E-state index contributed by atoms with van der Waals surface area (Å²) in [5, 5.41) is 0. The Morgan fingerprint density at radius 1 is 1.18 bits per heavy atom. The summed E-state index contributed by atoms with van der Waals surface area (Å²) in [5.41, 5.74) is 5.66. The highest BCUT2D eigenvalue weighted by molar-refractivity contribution is 5.86. The van der Waals surface area contributed by atoms with E-state index in [9.17, 15) is 4.79 Å². The minimum absolute atomic E-state index is 0.140. The molecule has 2 saturated carbocycles. The summed E-state index contributed by atoms with van der Waals surface area (Å²) in [6.45, 7) is 1.54. The highest BCUT2D eigenvalue weighted by Gasteiger charge is 2.52. The summed E-state index contributed by atoms with van der Waals surface area (Å²) in [4.78, 5) is 14.8. The largest absolute Gasteiger partial charge is 0.339 e. The van der Waals surface area contributed by atoms with Gasteiger partial charge in [-0.05, 0) is 44.4 Å². The summed E-state index contributed by atoms with van der Waals surface area (Å²) in [5.74, 6) is 1.17. The van der Waals surface area contributed by atoms with E-state index >= 15 is 0 Å². The van der Waals surface area contributed by atoms with Gasteiger partial charge in [0.15, 0.2) is 0 Å². The van der Waals surface area contributed by atoms with Crippen LogP contribution in [-0.4, -0.2) is 29.9 Å². The number of nitrogens with two attached hydrogens (primary N) is 1. The molecule has 1 saturated heterocycles. The van der Waals surface area contributed by atoms with Crippen LogP contribution in [0.2, 0.25) is 0 Å². The molecular formula is C14H24N2O. The summed E-state index contributed by atoms with van der Waals surface area (Å²) in [7, 11) is 0. The van der Waals surface area contributed by atoms with E-state index in [1.54, 1.807) is 0 Å². The molecule has 96 valence electrons. The summed E-state index contributed by atoms with van der Waals surface area (Å²) in [6, 6.07) is 0.550. The van der Waals surface area contributed by atoms with Gasteiger partial charge in [-0.15, -0.1) is 0 Å². The Bertz CT molecular complexity index is 309. The molecule has 1 aliphatic heterocycles. The van der Waals surface area contributed by atoms with Crippen molar-refractivity contribution < 1.29 is 4.79 Å². The zero-order chi connectivity index (χ0) is 11.9. The SMILES string of the molecule is NCC1(C(=O)N2CCC[C@H]3CCCC[C@H]32)CC1. The number of likely N-dealkylation sites (tertiary alicyclic amines) is 1. The van der Waals surface area contributed by atoms with Gasteiger partial charge >= 0.3 is 0 Å². The quantitative estimate of drug-likeness (QED) is 0.796. The molecule has 3 aliphatic rings. The standard InChI is InChI=1S/C14H24N2O/c15-10-14(7-8-14)13(17)16-9-3-5-11-4-1-2-6-12(11)16/h11-12H,1-10,15H2/t11-,12-/m1/s1. The molecule has 0 spiro atoms. The first-order valence-corrected chi connectivity index (χ1v) is 7.28. The minimum Gasteiger partial charge on any atom is -0.339 e. The lowest BCUT2D eigenvalue weighted by Crippen LogP contribution is -2.53. The first kappa shape index (κ1) is 11.5. The second-order valence-electron chi connectivity index (χ2n) is 6.24. The smallest absolute Gasteiger partial charge is 0.230 e. The minimum atomic E-state index is -0.140. The first-order chi connectivity index (χ1) is 8.27. The molecule has 3 heteroatoms. The van der Waals surface area contributed by atoms with E-state index in [2.05, 4.69) is 4.90 Å². The molecule has 0 aromatic rings. The molecule has 3 rings (SSSR count). The van der Waals surface area contributed by atoms with Crippen LogP contribution in [0.4, 0.5) is 0 Å². The van der Waals surface area contributed by atoms with Crippen LogP contribution < -0.4 is 5.73 Å². The fourth-order valence-corrected chi connectivity index (χ4v) is 3.84. The molecule has 2 atom stereocenters. The maximum absolute atomic E-state index is 12.6. The molecule has 3 fully saturated rings. The van der Waals surface area contributed by atoms with Gasteiger partial charge in [-0.25, -0.2) is 0 Å². The molecule has 0 aromatic carbocycles. The summed E-state index contributed by atoms with van der Waals surface area (Å²) >= 11 is 0. The van der Waals surface area contributed by atoms with Crippen molar-refractivity contribution in [2.45, 2.75) is 57.4 Å².